The van der Waals surface area contributed by atoms with Crippen molar-refractivity contribution in [2.75, 3.05) is 13.1 Å². The summed E-state index contributed by atoms with van der Waals surface area (Å²) < 4.78 is 5.25. The highest BCUT2D eigenvalue weighted by Crippen LogP contribution is 2.19. The fraction of sp³-hybridized carbons (Fsp3) is 0.412. The van der Waals surface area contributed by atoms with E-state index in [1.54, 1.807) is 17.2 Å². The molecule has 1 aliphatic rings. The summed E-state index contributed by atoms with van der Waals surface area (Å²) in [4.78, 5) is 29.9. The van der Waals surface area contributed by atoms with Crippen molar-refractivity contribution in [3.8, 4) is 11.4 Å². The van der Waals surface area contributed by atoms with Gasteiger partial charge in [0.15, 0.2) is 5.76 Å². The topological polar surface area (TPSA) is 88.3 Å². The summed E-state index contributed by atoms with van der Waals surface area (Å²) in [6.45, 7) is 3.32. The van der Waals surface area contributed by atoms with Crippen LogP contribution in [-0.2, 0) is 16.1 Å². The first-order valence-electron chi connectivity index (χ1n) is 8.10. The number of carbonyl (C=O) groups excluding carboxylic acids is 2. The molecule has 7 heteroatoms. The highest BCUT2D eigenvalue weighted by atomic mass is 16.5. The molecule has 1 fully saturated rings. The number of hydrogen-bond donors (Lipinski definition) is 1. The molecule has 1 aliphatic heterocycles. The Labute approximate surface area is 140 Å². The summed E-state index contributed by atoms with van der Waals surface area (Å²) >= 11 is 0. The highest BCUT2D eigenvalue weighted by molar-refractivity contribution is 5.83. The van der Waals surface area contributed by atoms with E-state index >= 15 is 0 Å². The van der Waals surface area contributed by atoms with Crippen molar-refractivity contribution in [3.63, 3.8) is 0 Å². The normalized spacial score (nSPS) is 17.8. The molecule has 0 unspecified atom stereocenters. The summed E-state index contributed by atoms with van der Waals surface area (Å²) in [5.41, 5.74) is 1.36. The molecular weight excluding hydrogens is 308 g/mol. The van der Waals surface area contributed by atoms with Gasteiger partial charge in [-0.3, -0.25) is 14.6 Å². The monoisotopic (exact) mass is 328 g/mol. The van der Waals surface area contributed by atoms with Gasteiger partial charge in [0.05, 0.1) is 18.2 Å². The molecule has 1 saturated heterocycles. The molecule has 1 N–H and O–H groups in total. The van der Waals surface area contributed by atoms with Gasteiger partial charge < -0.3 is 14.7 Å². The number of pyridine rings is 1. The lowest BCUT2D eigenvalue weighted by atomic mass is 9.96. The molecule has 0 aliphatic carbocycles. The Balaban J connectivity index is 1.55. The number of piperidine rings is 1. The standard InChI is InChI=1S/C17H20N4O3/c1-2-21-11-12(6-7-16(21)22)17(23)19-10-13-9-15(20-24-13)14-5-3-4-8-18-14/h3-5,8-9,12H,2,6-7,10-11H2,1H3,(H,19,23)/t12-/m1/s1. The summed E-state index contributed by atoms with van der Waals surface area (Å²) in [6, 6.07) is 7.32. The third-order valence-electron chi connectivity index (χ3n) is 4.18. The lowest BCUT2D eigenvalue weighted by molar-refractivity contribution is -0.138. The van der Waals surface area contributed by atoms with Gasteiger partial charge >= 0.3 is 0 Å². The Morgan fingerprint density at radius 1 is 1.42 bits per heavy atom. The second kappa shape index (κ2) is 7.25. The summed E-state index contributed by atoms with van der Waals surface area (Å²) in [7, 11) is 0. The van der Waals surface area contributed by atoms with Crippen LogP contribution in [0.5, 0.6) is 0 Å². The Morgan fingerprint density at radius 2 is 2.29 bits per heavy atom. The highest BCUT2D eigenvalue weighted by Gasteiger charge is 2.29. The van der Waals surface area contributed by atoms with Gasteiger partial charge in [0.1, 0.15) is 5.69 Å². The molecule has 0 spiro atoms. The summed E-state index contributed by atoms with van der Waals surface area (Å²) in [6.07, 6.45) is 2.71. The molecule has 24 heavy (non-hydrogen) atoms. The number of carbonyl (C=O) groups is 2. The summed E-state index contributed by atoms with van der Waals surface area (Å²) in [5, 5.41) is 6.83. The quantitative estimate of drug-likeness (QED) is 0.901. The van der Waals surface area contributed by atoms with Gasteiger partial charge in [0.25, 0.3) is 0 Å². The van der Waals surface area contributed by atoms with Crippen molar-refractivity contribution in [2.24, 2.45) is 5.92 Å². The zero-order chi connectivity index (χ0) is 16.9. The fourth-order valence-electron chi connectivity index (χ4n) is 2.78. The van der Waals surface area contributed by atoms with Crippen LogP contribution in [0.3, 0.4) is 0 Å². The third-order valence-corrected chi connectivity index (χ3v) is 4.18. The predicted octanol–water partition coefficient (Wildman–Crippen LogP) is 1.61. The van der Waals surface area contributed by atoms with E-state index in [2.05, 4.69) is 15.5 Å². The second-order valence-electron chi connectivity index (χ2n) is 5.78. The molecule has 3 rings (SSSR count). The van der Waals surface area contributed by atoms with Gasteiger partial charge in [-0.25, -0.2) is 0 Å². The minimum Gasteiger partial charge on any atom is -0.359 e. The molecule has 3 heterocycles. The predicted molar refractivity (Wildman–Crippen MR) is 86.6 cm³/mol. The molecule has 0 bridgehead atoms. The SMILES string of the molecule is CCN1C[C@H](C(=O)NCc2cc(-c3ccccn3)no2)CCC1=O. The van der Waals surface area contributed by atoms with E-state index in [4.69, 9.17) is 4.52 Å². The third kappa shape index (κ3) is 3.61. The lowest BCUT2D eigenvalue weighted by Crippen LogP contribution is -2.45. The molecule has 0 saturated carbocycles. The Bertz CT molecular complexity index is 714. The number of nitrogens with zero attached hydrogens (tertiary/aromatic N) is 3. The van der Waals surface area contributed by atoms with Crippen molar-refractivity contribution in [1.29, 1.82) is 0 Å². The maximum absolute atomic E-state index is 12.3. The van der Waals surface area contributed by atoms with Crippen LogP contribution in [0.1, 0.15) is 25.5 Å². The Hall–Kier alpha value is -2.70. The largest absolute Gasteiger partial charge is 0.359 e. The maximum atomic E-state index is 12.3. The van der Waals surface area contributed by atoms with Crippen molar-refractivity contribution < 1.29 is 14.1 Å². The lowest BCUT2D eigenvalue weighted by Gasteiger charge is -2.30. The molecule has 7 nitrogen and oxygen atoms in total. The number of amides is 2. The van der Waals surface area contributed by atoms with E-state index < -0.39 is 0 Å². The average molecular weight is 328 g/mol. The van der Waals surface area contributed by atoms with E-state index in [-0.39, 0.29) is 24.3 Å². The van der Waals surface area contributed by atoms with Crippen LogP contribution in [0, 0.1) is 5.92 Å². The number of hydrogen-bond acceptors (Lipinski definition) is 5. The Morgan fingerprint density at radius 3 is 3.04 bits per heavy atom. The van der Waals surface area contributed by atoms with Gasteiger partial charge in [-0.15, -0.1) is 0 Å². The average Bonchev–Trinajstić information content (AvgIpc) is 3.10. The van der Waals surface area contributed by atoms with Gasteiger partial charge in [-0.1, -0.05) is 11.2 Å². The maximum Gasteiger partial charge on any atom is 0.225 e. The molecule has 1 atom stereocenters. The zero-order valence-corrected chi connectivity index (χ0v) is 13.6. The van der Waals surface area contributed by atoms with Crippen LogP contribution < -0.4 is 5.32 Å². The minimum absolute atomic E-state index is 0.0586. The molecular formula is C17H20N4O3. The van der Waals surface area contributed by atoms with E-state index in [0.717, 1.165) is 5.69 Å². The zero-order valence-electron chi connectivity index (χ0n) is 13.6. The summed E-state index contributed by atoms with van der Waals surface area (Å²) in [5.74, 6) is 0.470. The number of rotatable bonds is 5. The molecule has 126 valence electrons. The van der Waals surface area contributed by atoms with Crippen molar-refractivity contribution in [3.05, 3.63) is 36.2 Å². The van der Waals surface area contributed by atoms with Crippen LogP contribution in [0.2, 0.25) is 0 Å². The second-order valence-corrected chi connectivity index (χ2v) is 5.78. The first kappa shape index (κ1) is 16.2. The first-order valence-corrected chi connectivity index (χ1v) is 8.10. The van der Waals surface area contributed by atoms with Gasteiger partial charge in [-0.05, 0) is 25.5 Å². The number of likely N-dealkylation sites (tertiary alicyclic amines) is 1. The number of aromatic nitrogens is 2. The molecule has 0 radical (unpaired) electrons. The molecule has 2 aromatic heterocycles. The molecule has 2 amide bonds. The van der Waals surface area contributed by atoms with E-state index in [1.807, 2.05) is 25.1 Å². The van der Waals surface area contributed by atoms with Crippen molar-refractivity contribution >= 4 is 11.8 Å². The van der Waals surface area contributed by atoms with E-state index in [1.165, 1.54) is 0 Å². The van der Waals surface area contributed by atoms with Crippen LogP contribution in [-0.4, -0.2) is 39.9 Å². The first-order chi connectivity index (χ1) is 11.7. The van der Waals surface area contributed by atoms with Gasteiger partial charge in [0, 0.05) is 31.8 Å². The number of nitrogens with one attached hydrogen (secondary N) is 1. The van der Waals surface area contributed by atoms with Crippen LogP contribution in [0.25, 0.3) is 11.4 Å². The molecule has 2 aromatic rings. The van der Waals surface area contributed by atoms with Crippen molar-refractivity contribution in [2.45, 2.75) is 26.3 Å². The van der Waals surface area contributed by atoms with Gasteiger partial charge in [0.2, 0.25) is 11.8 Å². The van der Waals surface area contributed by atoms with E-state index in [9.17, 15) is 9.59 Å². The van der Waals surface area contributed by atoms with E-state index in [0.29, 0.717) is 37.4 Å². The van der Waals surface area contributed by atoms with Crippen molar-refractivity contribution in [1.82, 2.24) is 20.4 Å². The minimum atomic E-state index is -0.166. The Kier molecular flexibility index (Phi) is 4.88. The van der Waals surface area contributed by atoms with Crippen LogP contribution >= 0.6 is 0 Å². The smallest absolute Gasteiger partial charge is 0.225 e. The molecule has 0 aromatic carbocycles. The van der Waals surface area contributed by atoms with Crippen LogP contribution in [0.15, 0.2) is 35.0 Å². The van der Waals surface area contributed by atoms with Crippen LogP contribution in [0.4, 0.5) is 0 Å². The fourth-order valence-corrected chi connectivity index (χ4v) is 2.78. The van der Waals surface area contributed by atoms with Gasteiger partial charge in [-0.2, -0.15) is 0 Å².